The molecule has 6 nitrogen and oxygen atoms in total. The smallest absolute Gasteiger partial charge is 0.276 e. The lowest BCUT2D eigenvalue weighted by atomic mass is 10.1. The molecule has 0 radical (unpaired) electrons. The number of hydrogen-bond acceptors (Lipinski definition) is 5. The molecule has 104 valence electrons. The Labute approximate surface area is 117 Å². The highest BCUT2D eigenvalue weighted by molar-refractivity contribution is 6.29. The molecule has 1 aromatic heterocycles. The van der Waals surface area contributed by atoms with E-state index in [9.17, 15) is 10.1 Å². The molecule has 0 spiro atoms. The average Bonchev–Trinajstić information content (AvgIpc) is 2.73. The maximum atomic E-state index is 10.8. The van der Waals surface area contributed by atoms with Gasteiger partial charge < -0.3 is 9.80 Å². The van der Waals surface area contributed by atoms with Crippen LogP contribution in [0.15, 0.2) is 12.1 Å². The fraction of sp³-hybridized carbons (Fsp3) is 0.583. The first kappa shape index (κ1) is 14.0. The number of halogens is 1. The molecule has 1 aliphatic heterocycles. The van der Waals surface area contributed by atoms with Gasteiger partial charge in [0.1, 0.15) is 11.0 Å². The van der Waals surface area contributed by atoms with E-state index < -0.39 is 4.92 Å². The summed E-state index contributed by atoms with van der Waals surface area (Å²) in [6.45, 7) is 2.98. The van der Waals surface area contributed by atoms with E-state index >= 15 is 0 Å². The second-order valence-corrected chi connectivity index (χ2v) is 5.45. The van der Waals surface area contributed by atoms with Crippen molar-refractivity contribution in [1.29, 1.82) is 0 Å². The first-order chi connectivity index (χ1) is 8.95. The van der Waals surface area contributed by atoms with Crippen LogP contribution in [-0.2, 0) is 0 Å². The van der Waals surface area contributed by atoms with Gasteiger partial charge in [0, 0.05) is 20.1 Å². The van der Waals surface area contributed by atoms with Gasteiger partial charge in [0.05, 0.1) is 17.1 Å². The Hall–Kier alpha value is -1.40. The molecule has 7 heteroatoms. The quantitative estimate of drug-likeness (QED) is 0.481. The number of nitrogens with zero attached hydrogens (tertiary/aromatic N) is 4. The topological polar surface area (TPSA) is 62.5 Å². The number of nitro groups is 1. The van der Waals surface area contributed by atoms with Crippen molar-refractivity contribution in [1.82, 2.24) is 9.88 Å². The van der Waals surface area contributed by atoms with Gasteiger partial charge in [-0.3, -0.25) is 10.1 Å². The molecule has 19 heavy (non-hydrogen) atoms. The summed E-state index contributed by atoms with van der Waals surface area (Å²) < 4.78 is 0. The number of hydrogen-bond donors (Lipinski definition) is 0. The average molecular weight is 285 g/mol. The van der Waals surface area contributed by atoms with Crippen LogP contribution in [-0.4, -0.2) is 48.5 Å². The van der Waals surface area contributed by atoms with Crippen LogP contribution < -0.4 is 4.90 Å². The zero-order chi connectivity index (χ0) is 14.0. The van der Waals surface area contributed by atoms with Crippen LogP contribution in [0, 0.1) is 16.0 Å². The second-order valence-electron chi connectivity index (χ2n) is 5.06. The predicted molar refractivity (Wildman–Crippen MR) is 74.8 cm³/mol. The summed E-state index contributed by atoms with van der Waals surface area (Å²) >= 11 is 5.83. The number of likely N-dealkylation sites (tertiary alicyclic amines) is 1. The summed E-state index contributed by atoms with van der Waals surface area (Å²) in [4.78, 5) is 18.7. The van der Waals surface area contributed by atoms with Crippen molar-refractivity contribution in [2.24, 2.45) is 5.92 Å². The maximum Gasteiger partial charge on any atom is 0.276 e. The highest BCUT2D eigenvalue weighted by Crippen LogP contribution is 2.24. The van der Waals surface area contributed by atoms with Gasteiger partial charge in [-0.2, -0.15) is 0 Å². The lowest BCUT2D eigenvalue weighted by Crippen LogP contribution is -2.27. The van der Waals surface area contributed by atoms with E-state index in [2.05, 4.69) is 16.9 Å². The van der Waals surface area contributed by atoms with Crippen LogP contribution in [0.3, 0.4) is 0 Å². The minimum Gasteiger partial charge on any atom is -0.359 e. The summed E-state index contributed by atoms with van der Waals surface area (Å²) in [5.41, 5.74) is -0.0228. The number of anilines is 1. The molecule has 1 unspecified atom stereocenters. The Balaban J connectivity index is 2.10. The SMILES string of the molecule is CN1CCC(CN(C)c2cc([N+](=O)[O-])cc(Cl)n2)C1. The van der Waals surface area contributed by atoms with Crippen LogP contribution in [0.1, 0.15) is 6.42 Å². The number of aromatic nitrogens is 1. The summed E-state index contributed by atoms with van der Waals surface area (Å²) in [5, 5.41) is 11.0. The minimum absolute atomic E-state index is 0.0228. The molecule has 1 atom stereocenters. The summed E-state index contributed by atoms with van der Waals surface area (Å²) in [6.07, 6.45) is 1.14. The van der Waals surface area contributed by atoms with E-state index in [1.807, 2.05) is 11.9 Å². The lowest BCUT2D eigenvalue weighted by Gasteiger charge is -2.22. The molecule has 1 aliphatic rings. The molecule has 0 N–H and O–H groups in total. The third-order valence-electron chi connectivity index (χ3n) is 3.39. The second kappa shape index (κ2) is 5.71. The molecule has 1 aromatic rings. The van der Waals surface area contributed by atoms with Crippen molar-refractivity contribution in [2.75, 3.05) is 38.6 Å². The first-order valence-corrected chi connectivity index (χ1v) is 6.55. The highest BCUT2D eigenvalue weighted by Gasteiger charge is 2.22. The van der Waals surface area contributed by atoms with Crippen molar-refractivity contribution in [3.05, 3.63) is 27.4 Å². The Morgan fingerprint density at radius 2 is 2.37 bits per heavy atom. The molecular weight excluding hydrogens is 268 g/mol. The van der Waals surface area contributed by atoms with Gasteiger partial charge in [-0.15, -0.1) is 0 Å². The van der Waals surface area contributed by atoms with Crippen molar-refractivity contribution in [3.63, 3.8) is 0 Å². The van der Waals surface area contributed by atoms with Crippen molar-refractivity contribution >= 4 is 23.1 Å². The molecule has 0 bridgehead atoms. The third kappa shape index (κ3) is 3.54. The Morgan fingerprint density at radius 1 is 1.63 bits per heavy atom. The van der Waals surface area contributed by atoms with Gasteiger partial charge >= 0.3 is 0 Å². The van der Waals surface area contributed by atoms with Crippen LogP contribution in [0.4, 0.5) is 11.5 Å². The molecule has 0 saturated carbocycles. The van der Waals surface area contributed by atoms with Gasteiger partial charge in [-0.1, -0.05) is 11.6 Å². The normalized spacial score (nSPS) is 19.6. The summed E-state index contributed by atoms with van der Waals surface area (Å²) in [7, 11) is 3.99. The number of pyridine rings is 1. The minimum atomic E-state index is -0.450. The van der Waals surface area contributed by atoms with Crippen molar-refractivity contribution in [2.45, 2.75) is 6.42 Å². The van der Waals surface area contributed by atoms with E-state index in [0.29, 0.717) is 11.7 Å². The Kier molecular flexibility index (Phi) is 4.21. The fourth-order valence-electron chi connectivity index (χ4n) is 2.43. The number of rotatable bonds is 4. The van der Waals surface area contributed by atoms with E-state index in [0.717, 1.165) is 26.1 Å². The van der Waals surface area contributed by atoms with E-state index in [-0.39, 0.29) is 10.8 Å². The van der Waals surface area contributed by atoms with Crippen LogP contribution in [0.25, 0.3) is 0 Å². The summed E-state index contributed by atoms with van der Waals surface area (Å²) in [5.74, 6) is 1.11. The molecular formula is C12H17ClN4O2. The van der Waals surface area contributed by atoms with Crippen molar-refractivity contribution < 1.29 is 4.92 Å². The molecule has 1 fully saturated rings. The lowest BCUT2D eigenvalue weighted by molar-refractivity contribution is -0.384. The largest absolute Gasteiger partial charge is 0.359 e. The molecule has 2 heterocycles. The van der Waals surface area contributed by atoms with Gasteiger partial charge in [0.15, 0.2) is 0 Å². The maximum absolute atomic E-state index is 10.8. The van der Waals surface area contributed by atoms with Crippen LogP contribution in [0.2, 0.25) is 5.15 Å². The monoisotopic (exact) mass is 284 g/mol. The molecule has 2 rings (SSSR count). The van der Waals surface area contributed by atoms with E-state index in [4.69, 9.17) is 11.6 Å². The molecule has 0 aliphatic carbocycles. The Morgan fingerprint density at radius 3 is 2.95 bits per heavy atom. The summed E-state index contributed by atoms with van der Waals surface area (Å²) in [6, 6.07) is 2.73. The highest BCUT2D eigenvalue weighted by atomic mass is 35.5. The van der Waals surface area contributed by atoms with E-state index in [1.165, 1.54) is 12.1 Å². The van der Waals surface area contributed by atoms with Gasteiger partial charge in [-0.05, 0) is 25.9 Å². The van der Waals surface area contributed by atoms with Crippen LogP contribution >= 0.6 is 11.6 Å². The third-order valence-corrected chi connectivity index (χ3v) is 3.58. The zero-order valence-electron chi connectivity index (χ0n) is 11.0. The molecule has 1 saturated heterocycles. The van der Waals surface area contributed by atoms with Crippen LogP contribution in [0.5, 0.6) is 0 Å². The molecule has 0 aromatic carbocycles. The van der Waals surface area contributed by atoms with Gasteiger partial charge in [0.25, 0.3) is 5.69 Å². The van der Waals surface area contributed by atoms with Gasteiger partial charge in [-0.25, -0.2) is 4.98 Å². The standard InChI is InChI=1S/C12H17ClN4O2/c1-15-4-3-9(7-15)8-16(2)12-6-10(17(18)19)5-11(13)14-12/h5-6,9H,3-4,7-8H2,1-2H3. The first-order valence-electron chi connectivity index (χ1n) is 6.17. The molecule has 0 amide bonds. The Bertz CT molecular complexity index is 483. The fourth-order valence-corrected chi connectivity index (χ4v) is 2.63. The zero-order valence-corrected chi connectivity index (χ0v) is 11.8. The van der Waals surface area contributed by atoms with Crippen molar-refractivity contribution in [3.8, 4) is 0 Å². The van der Waals surface area contributed by atoms with Gasteiger partial charge in [0.2, 0.25) is 0 Å². The predicted octanol–water partition coefficient (Wildman–Crippen LogP) is 2.03. The van der Waals surface area contributed by atoms with E-state index in [1.54, 1.807) is 0 Å².